The Morgan fingerprint density at radius 2 is 1.63 bits per heavy atom. The topological polar surface area (TPSA) is 84.9 Å². The predicted molar refractivity (Wildman–Crippen MR) is 184 cm³/mol. The molecule has 2 amide bonds. The van der Waals surface area contributed by atoms with E-state index in [1.807, 2.05) is 55.5 Å². The summed E-state index contributed by atoms with van der Waals surface area (Å²) in [7, 11) is -2.54. The molecule has 2 aliphatic rings. The van der Waals surface area contributed by atoms with E-state index in [0.29, 0.717) is 40.4 Å². The normalized spacial score (nSPS) is 16.9. The minimum absolute atomic E-state index is 0.0228. The van der Waals surface area contributed by atoms with Gasteiger partial charge in [0.1, 0.15) is 18.9 Å². The van der Waals surface area contributed by atoms with Crippen LogP contribution in [0.4, 0.5) is 0 Å². The molecule has 0 bridgehead atoms. The van der Waals surface area contributed by atoms with Crippen LogP contribution in [0.3, 0.4) is 0 Å². The fourth-order valence-corrected chi connectivity index (χ4v) is 7.48. The molecule has 46 heavy (non-hydrogen) atoms. The van der Waals surface area contributed by atoms with Crippen molar-refractivity contribution in [3.05, 3.63) is 107 Å². The molecular weight excluding hydrogens is 619 g/mol. The van der Waals surface area contributed by atoms with Gasteiger partial charge < -0.3 is 24.3 Å². The lowest BCUT2D eigenvalue weighted by molar-refractivity contribution is -0.130. The van der Waals surface area contributed by atoms with Crippen molar-refractivity contribution in [1.29, 1.82) is 0 Å². The third-order valence-corrected chi connectivity index (χ3v) is 10.8. The van der Waals surface area contributed by atoms with Gasteiger partial charge in [0.25, 0.3) is 5.91 Å². The van der Waals surface area contributed by atoms with Crippen molar-refractivity contribution in [2.75, 3.05) is 26.5 Å². The average molecular weight is 659 g/mol. The molecule has 1 aliphatic heterocycles. The van der Waals surface area contributed by atoms with Gasteiger partial charge in [-0.2, -0.15) is 0 Å². The molecule has 7 nitrogen and oxygen atoms in total. The van der Waals surface area contributed by atoms with Crippen molar-refractivity contribution in [3.63, 3.8) is 0 Å². The Morgan fingerprint density at radius 1 is 0.935 bits per heavy atom. The zero-order valence-electron chi connectivity index (χ0n) is 26.4. The Kier molecular flexibility index (Phi) is 9.56. The Hall–Kier alpha value is -3.64. The lowest BCUT2D eigenvalue weighted by atomic mass is 9.94. The maximum Gasteiger partial charge on any atom is 0.255 e. The van der Waals surface area contributed by atoms with Gasteiger partial charge in [-0.05, 0) is 92.6 Å². The molecule has 240 valence electrons. The molecule has 1 saturated heterocycles. The summed E-state index contributed by atoms with van der Waals surface area (Å²) in [6.07, 6.45) is 4.05. The third-order valence-electron chi connectivity index (χ3n) is 9.03. The molecule has 2 fully saturated rings. The number of carbonyl (C=O) groups excluding carboxylic acids is 2. The zero-order chi connectivity index (χ0) is 32.4. The summed E-state index contributed by atoms with van der Waals surface area (Å²) in [6, 6.07) is 24.4. The summed E-state index contributed by atoms with van der Waals surface area (Å²) in [6.45, 7) is 6.17. The van der Waals surface area contributed by atoms with E-state index in [1.165, 1.54) is 0 Å². The molecule has 1 unspecified atom stereocenters. The number of hydrogen-bond acceptors (Lipinski definition) is 5. The van der Waals surface area contributed by atoms with Crippen molar-refractivity contribution in [1.82, 2.24) is 10.2 Å². The van der Waals surface area contributed by atoms with Gasteiger partial charge >= 0.3 is 0 Å². The van der Waals surface area contributed by atoms with Gasteiger partial charge in [-0.25, -0.2) is 0 Å². The fraction of sp³-hybridized carbons (Fsp3) is 0.351. The van der Waals surface area contributed by atoms with Gasteiger partial charge in [-0.1, -0.05) is 66.2 Å². The molecule has 1 heterocycles. The largest absolute Gasteiger partial charge is 0.490 e. The quantitative estimate of drug-likeness (QED) is 0.178. The van der Waals surface area contributed by atoms with Crippen molar-refractivity contribution in [3.8, 4) is 5.75 Å². The van der Waals surface area contributed by atoms with Crippen LogP contribution in [0.1, 0.15) is 66.2 Å². The second-order valence-corrected chi connectivity index (χ2v) is 16.4. The number of amides is 2. The standard InChI is InChI=1S/C37H40ClN2O5P/c1-24(31-14-8-10-25-9-4-7-13-32(25)31)40(37(42)26-15-18-30(19-16-26)46(2,3)43)35(36(41)39-28-22-44-23-28)33-21-27(38)17-20-34(33)45-29-11-5-6-12-29/h4,7-10,13-21,24,28-29,35H,5-6,11-12,22-23H2,1-3H3,(H,39,41)/t24-,35?/m1/s1. The van der Waals surface area contributed by atoms with Crippen LogP contribution in [0.15, 0.2) is 84.9 Å². The fourth-order valence-electron chi connectivity index (χ4n) is 6.44. The molecule has 1 N–H and O–H groups in total. The van der Waals surface area contributed by atoms with Gasteiger partial charge in [0.15, 0.2) is 0 Å². The van der Waals surface area contributed by atoms with Crippen molar-refractivity contribution in [2.24, 2.45) is 0 Å². The first-order valence-electron chi connectivity index (χ1n) is 15.9. The van der Waals surface area contributed by atoms with E-state index >= 15 is 0 Å². The van der Waals surface area contributed by atoms with Crippen LogP contribution in [0.5, 0.6) is 5.75 Å². The van der Waals surface area contributed by atoms with Gasteiger partial charge in [-0.3, -0.25) is 9.59 Å². The molecule has 4 aromatic rings. The Labute approximate surface area is 275 Å². The maximum atomic E-state index is 14.9. The van der Waals surface area contributed by atoms with Crippen LogP contribution in [-0.2, 0) is 14.1 Å². The molecule has 1 saturated carbocycles. The van der Waals surface area contributed by atoms with Gasteiger partial charge in [0.05, 0.1) is 31.4 Å². The summed E-state index contributed by atoms with van der Waals surface area (Å²) in [5, 5.41) is 6.26. The van der Waals surface area contributed by atoms with E-state index in [4.69, 9.17) is 21.1 Å². The predicted octanol–water partition coefficient (Wildman–Crippen LogP) is 7.52. The highest BCUT2D eigenvalue weighted by molar-refractivity contribution is 7.70. The molecule has 9 heteroatoms. The van der Waals surface area contributed by atoms with Crippen LogP contribution in [0.25, 0.3) is 10.8 Å². The lowest BCUT2D eigenvalue weighted by Gasteiger charge is -2.39. The average Bonchev–Trinajstić information content (AvgIpc) is 3.54. The second kappa shape index (κ2) is 13.6. The highest BCUT2D eigenvalue weighted by Gasteiger charge is 2.40. The van der Waals surface area contributed by atoms with E-state index in [2.05, 4.69) is 5.32 Å². The van der Waals surface area contributed by atoms with Crippen LogP contribution in [-0.4, -0.2) is 55.4 Å². The number of hydrogen-bond donors (Lipinski definition) is 1. The minimum atomic E-state index is -2.54. The monoisotopic (exact) mass is 658 g/mol. The molecule has 0 aromatic heterocycles. The smallest absolute Gasteiger partial charge is 0.255 e. The van der Waals surface area contributed by atoms with Gasteiger partial charge in [-0.15, -0.1) is 0 Å². The Bertz CT molecular complexity index is 1770. The first-order valence-corrected chi connectivity index (χ1v) is 18.9. The number of ether oxygens (including phenoxy) is 2. The number of fused-ring (bicyclic) bond motifs is 1. The highest BCUT2D eigenvalue weighted by Crippen LogP contribution is 2.41. The summed E-state index contributed by atoms with van der Waals surface area (Å²) < 4.78 is 24.7. The number of benzene rings is 4. The molecule has 0 spiro atoms. The third kappa shape index (κ3) is 6.88. The molecule has 1 aliphatic carbocycles. The number of nitrogens with one attached hydrogen (secondary N) is 1. The number of halogens is 1. The van der Waals surface area contributed by atoms with Crippen LogP contribution in [0, 0.1) is 0 Å². The zero-order valence-corrected chi connectivity index (χ0v) is 28.1. The second-order valence-electron chi connectivity index (χ2n) is 12.7. The first-order chi connectivity index (χ1) is 22.1. The molecule has 2 atom stereocenters. The summed E-state index contributed by atoms with van der Waals surface area (Å²) in [4.78, 5) is 31.0. The summed E-state index contributed by atoms with van der Waals surface area (Å²) in [5.41, 5.74) is 1.81. The molecular formula is C37H40ClN2O5P. The van der Waals surface area contributed by atoms with Crippen molar-refractivity contribution < 1.29 is 23.6 Å². The SMILES string of the molecule is C[C@H](c1cccc2ccccc12)N(C(=O)c1ccc(P(C)(C)=O)cc1)C(C(=O)NC1COC1)c1cc(Cl)ccc1OC1CCCC1. The molecule has 0 radical (unpaired) electrons. The lowest BCUT2D eigenvalue weighted by Crippen LogP contribution is -2.53. The van der Waals surface area contributed by atoms with Crippen LogP contribution in [0.2, 0.25) is 5.02 Å². The number of carbonyl (C=O) groups is 2. The van der Waals surface area contributed by atoms with E-state index in [9.17, 15) is 14.2 Å². The number of rotatable bonds is 10. The number of nitrogens with zero attached hydrogens (tertiary/aromatic N) is 1. The molecule has 4 aromatic carbocycles. The highest BCUT2D eigenvalue weighted by atomic mass is 35.5. The first kappa shape index (κ1) is 32.3. The van der Waals surface area contributed by atoms with Gasteiger partial charge in [0, 0.05) is 21.5 Å². The summed E-state index contributed by atoms with van der Waals surface area (Å²) in [5.74, 6) is -0.140. The van der Waals surface area contributed by atoms with Crippen LogP contribution < -0.4 is 15.4 Å². The summed E-state index contributed by atoms with van der Waals surface area (Å²) >= 11 is 6.63. The van der Waals surface area contributed by atoms with E-state index in [1.54, 1.807) is 54.6 Å². The minimum Gasteiger partial charge on any atom is -0.490 e. The van der Waals surface area contributed by atoms with Crippen molar-refractivity contribution in [2.45, 2.75) is 56.8 Å². The van der Waals surface area contributed by atoms with E-state index < -0.39 is 19.2 Å². The van der Waals surface area contributed by atoms with Gasteiger partial charge in [0.2, 0.25) is 5.91 Å². The van der Waals surface area contributed by atoms with Crippen molar-refractivity contribution >= 4 is 46.6 Å². The molecule has 6 rings (SSSR count). The van der Waals surface area contributed by atoms with E-state index in [-0.39, 0.29) is 24.0 Å². The Morgan fingerprint density at radius 3 is 2.30 bits per heavy atom. The van der Waals surface area contributed by atoms with Crippen LogP contribution >= 0.6 is 18.7 Å². The Balaban J connectivity index is 1.52. The maximum absolute atomic E-state index is 14.9. The van der Waals surface area contributed by atoms with E-state index in [0.717, 1.165) is 42.0 Å².